The molecule has 96 valence electrons. The number of phenols is 1. The lowest BCUT2D eigenvalue weighted by Crippen LogP contribution is -2.17. The molecule has 0 saturated heterocycles. The van der Waals surface area contributed by atoms with Crippen molar-refractivity contribution in [2.24, 2.45) is 0 Å². The van der Waals surface area contributed by atoms with Crippen LogP contribution in [0.15, 0.2) is 21.1 Å². The Bertz CT molecular complexity index is 386. The van der Waals surface area contributed by atoms with Crippen LogP contribution in [0, 0.1) is 0 Å². The number of phenolic OH excluding ortho intramolecular Hbond substituents is 1. The first-order valence-corrected chi connectivity index (χ1v) is 7.66. The fourth-order valence-corrected chi connectivity index (χ4v) is 3.49. The Hall–Kier alpha value is -0.0200. The fraction of sp³-hybridized carbons (Fsp3) is 0.571. The predicted octanol–water partition coefficient (Wildman–Crippen LogP) is 5.78. The molecule has 0 unspecified atom stereocenters. The molecule has 1 rings (SSSR count). The van der Waals surface area contributed by atoms with Crippen LogP contribution in [0.5, 0.6) is 5.75 Å². The van der Waals surface area contributed by atoms with Gasteiger partial charge in [0.25, 0.3) is 0 Å². The molecule has 0 aliphatic carbocycles. The van der Waals surface area contributed by atoms with Crippen LogP contribution in [-0.2, 0) is 5.41 Å². The lowest BCUT2D eigenvalue weighted by molar-refractivity contribution is 0.435. The Labute approximate surface area is 121 Å². The maximum atomic E-state index is 9.93. The number of rotatable bonds is 5. The summed E-state index contributed by atoms with van der Waals surface area (Å²) in [7, 11) is 0. The SMILES string of the molecule is CCCCCC(C)(C)c1ccc(Br)c(O)c1Br. The summed E-state index contributed by atoms with van der Waals surface area (Å²) >= 11 is 6.83. The van der Waals surface area contributed by atoms with E-state index in [0.717, 1.165) is 15.4 Å². The Morgan fingerprint density at radius 3 is 2.41 bits per heavy atom. The van der Waals surface area contributed by atoms with E-state index >= 15 is 0 Å². The Kier molecular flexibility index (Phi) is 5.52. The van der Waals surface area contributed by atoms with Gasteiger partial charge in [-0.15, -0.1) is 0 Å². The van der Waals surface area contributed by atoms with Crippen molar-refractivity contribution in [3.8, 4) is 5.75 Å². The maximum Gasteiger partial charge on any atom is 0.144 e. The van der Waals surface area contributed by atoms with Crippen molar-refractivity contribution in [3.63, 3.8) is 0 Å². The highest BCUT2D eigenvalue weighted by molar-refractivity contribution is 9.11. The second kappa shape index (κ2) is 6.24. The smallest absolute Gasteiger partial charge is 0.144 e. The summed E-state index contributed by atoms with van der Waals surface area (Å²) in [4.78, 5) is 0. The van der Waals surface area contributed by atoms with Gasteiger partial charge < -0.3 is 5.11 Å². The lowest BCUT2D eigenvalue weighted by Gasteiger charge is -2.27. The number of halogens is 2. The van der Waals surface area contributed by atoms with E-state index in [9.17, 15) is 5.11 Å². The second-order valence-electron chi connectivity index (χ2n) is 5.10. The quantitative estimate of drug-likeness (QED) is 0.658. The minimum Gasteiger partial charge on any atom is -0.506 e. The normalized spacial score (nSPS) is 11.8. The van der Waals surface area contributed by atoms with Gasteiger partial charge in [-0.1, -0.05) is 46.1 Å². The summed E-state index contributed by atoms with van der Waals surface area (Å²) in [6, 6.07) is 4.00. The number of hydrogen-bond acceptors (Lipinski definition) is 1. The monoisotopic (exact) mass is 362 g/mol. The van der Waals surface area contributed by atoms with E-state index < -0.39 is 0 Å². The van der Waals surface area contributed by atoms with Gasteiger partial charge in [0.05, 0.1) is 8.95 Å². The average Bonchev–Trinajstić information content (AvgIpc) is 2.26. The summed E-state index contributed by atoms with van der Waals surface area (Å²) in [5.41, 5.74) is 1.26. The number of hydrogen-bond donors (Lipinski definition) is 1. The van der Waals surface area contributed by atoms with E-state index in [1.54, 1.807) is 0 Å². The van der Waals surface area contributed by atoms with Crippen LogP contribution in [0.3, 0.4) is 0 Å². The average molecular weight is 364 g/mol. The van der Waals surface area contributed by atoms with Crippen LogP contribution in [0.2, 0.25) is 0 Å². The molecule has 17 heavy (non-hydrogen) atoms. The molecule has 0 atom stereocenters. The van der Waals surface area contributed by atoms with E-state index in [2.05, 4.69) is 58.7 Å². The van der Waals surface area contributed by atoms with E-state index in [4.69, 9.17) is 0 Å². The van der Waals surface area contributed by atoms with Crippen LogP contribution in [0.25, 0.3) is 0 Å². The van der Waals surface area contributed by atoms with Gasteiger partial charge >= 0.3 is 0 Å². The molecule has 0 amide bonds. The van der Waals surface area contributed by atoms with Crippen LogP contribution < -0.4 is 0 Å². The molecule has 0 radical (unpaired) electrons. The highest BCUT2D eigenvalue weighted by Crippen LogP contribution is 2.41. The molecule has 0 heterocycles. The molecule has 1 nitrogen and oxygen atoms in total. The largest absolute Gasteiger partial charge is 0.506 e. The molecule has 0 saturated carbocycles. The van der Waals surface area contributed by atoms with Crippen LogP contribution in [0.1, 0.15) is 52.0 Å². The third kappa shape index (κ3) is 3.72. The lowest BCUT2D eigenvalue weighted by atomic mass is 9.80. The van der Waals surface area contributed by atoms with Gasteiger partial charge in [0.15, 0.2) is 0 Å². The van der Waals surface area contributed by atoms with Crippen LogP contribution in [0.4, 0.5) is 0 Å². The molecule has 0 spiro atoms. The van der Waals surface area contributed by atoms with E-state index in [1.165, 1.54) is 24.8 Å². The third-order valence-corrected chi connectivity index (χ3v) is 4.64. The van der Waals surface area contributed by atoms with Crippen molar-refractivity contribution >= 4 is 31.9 Å². The number of benzene rings is 1. The number of unbranched alkanes of at least 4 members (excludes halogenated alkanes) is 2. The maximum absolute atomic E-state index is 9.93. The van der Waals surface area contributed by atoms with Gasteiger partial charge in [-0.3, -0.25) is 0 Å². The highest BCUT2D eigenvalue weighted by Gasteiger charge is 2.24. The summed E-state index contributed by atoms with van der Waals surface area (Å²) in [5, 5.41) is 9.93. The van der Waals surface area contributed by atoms with Crippen molar-refractivity contribution in [2.75, 3.05) is 0 Å². The first-order chi connectivity index (χ1) is 7.90. The molecule has 0 fully saturated rings. The molecule has 0 aliphatic heterocycles. The third-order valence-electron chi connectivity index (χ3n) is 3.20. The topological polar surface area (TPSA) is 20.2 Å². The second-order valence-corrected chi connectivity index (χ2v) is 6.75. The summed E-state index contributed by atoms with van der Waals surface area (Å²) in [6.07, 6.45) is 4.87. The Balaban J connectivity index is 2.94. The van der Waals surface area contributed by atoms with E-state index in [0.29, 0.717) is 5.75 Å². The molecule has 3 heteroatoms. The Morgan fingerprint density at radius 1 is 1.18 bits per heavy atom. The molecule has 0 aromatic heterocycles. The molecule has 0 bridgehead atoms. The van der Waals surface area contributed by atoms with Crippen molar-refractivity contribution in [2.45, 2.75) is 51.9 Å². The van der Waals surface area contributed by atoms with Gasteiger partial charge in [-0.05, 0) is 55.3 Å². The van der Waals surface area contributed by atoms with Gasteiger partial charge in [-0.25, -0.2) is 0 Å². The first kappa shape index (κ1) is 15.0. The molecule has 1 aromatic rings. The van der Waals surface area contributed by atoms with Gasteiger partial charge in [0.2, 0.25) is 0 Å². The van der Waals surface area contributed by atoms with Crippen LogP contribution >= 0.6 is 31.9 Å². The molecular formula is C14H20Br2O. The van der Waals surface area contributed by atoms with Crippen molar-refractivity contribution < 1.29 is 5.11 Å². The first-order valence-electron chi connectivity index (χ1n) is 6.07. The highest BCUT2D eigenvalue weighted by atomic mass is 79.9. The number of aromatic hydroxyl groups is 1. The zero-order valence-electron chi connectivity index (χ0n) is 10.7. The van der Waals surface area contributed by atoms with E-state index in [1.807, 2.05) is 6.07 Å². The predicted molar refractivity (Wildman–Crippen MR) is 80.7 cm³/mol. The summed E-state index contributed by atoms with van der Waals surface area (Å²) in [5.74, 6) is 0.297. The fourth-order valence-electron chi connectivity index (χ4n) is 2.02. The van der Waals surface area contributed by atoms with Crippen molar-refractivity contribution in [3.05, 3.63) is 26.6 Å². The molecule has 1 aromatic carbocycles. The Morgan fingerprint density at radius 2 is 1.82 bits per heavy atom. The van der Waals surface area contributed by atoms with Gasteiger partial charge in [-0.2, -0.15) is 0 Å². The van der Waals surface area contributed by atoms with Crippen molar-refractivity contribution in [1.29, 1.82) is 0 Å². The minimum atomic E-state index is 0.0895. The molecular weight excluding hydrogens is 344 g/mol. The van der Waals surface area contributed by atoms with E-state index in [-0.39, 0.29) is 5.41 Å². The zero-order chi connectivity index (χ0) is 13.1. The zero-order valence-corrected chi connectivity index (χ0v) is 13.9. The molecule has 1 N–H and O–H groups in total. The minimum absolute atomic E-state index is 0.0895. The van der Waals surface area contributed by atoms with Gasteiger partial charge in [0, 0.05) is 0 Å². The standard InChI is InChI=1S/C14H20Br2O/c1-4-5-6-9-14(2,3)10-7-8-11(15)13(17)12(10)16/h7-8,17H,4-6,9H2,1-3H3. The molecule has 0 aliphatic rings. The van der Waals surface area contributed by atoms with Gasteiger partial charge in [0.1, 0.15) is 5.75 Å². The summed E-state index contributed by atoms with van der Waals surface area (Å²) < 4.78 is 1.55. The summed E-state index contributed by atoms with van der Waals surface area (Å²) in [6.45, 7) is 6.68. The van der Waals surface area contributed by atoms with Crippen molar-refractivity contribution in [1.82, 2.24) is 0 Å². The van der Waals surface area contributed by atoms with Crippen LogP contribution in [-0.4, -0.2) is 5.11 Å².